The van der Waals surface area contributed by atoms with E-state index in [2.05, 4.69) is 15.9 Å². The number of hydrogen-bond donors (Lipinski definition) is 0. The van der Waals surface area contributed by atoms with Gasteiger partial charge in [0.1, 0.15) is 5.82 Å². The van der Waals surface area contributed by atoms with E-state index in [1.807, 2.05) is 19.9 Å². The highest BCUT2D eigenvalue weighted by atomic mass is 79.9. The van der Waals surface area contributed by atoms with Crippen LogP contribution in [0.1, 0.15) is 31.4 Å². The molecular formula is C14H16BrFN2O. The Morgan fingerprint density at radius 3 is 2.68 bits per heavy atom. The number of nitrogens with zero attached hydrogens (tertiary/aromatic N) is 2. The SMILES string of the molecule is CCC(Br)C(=O)N(CC)Cc1ccc(C#N)cc1F. The van der Waals surface area contributed by atoms with Gasteiger partial charge in [0, 0.05) is 18.7 Å². The third-order valence-electron chi connectivity index (χ3n) is 2.86. The normalized spacial score (nSPS) is 11.7. The summed E-state index contributed by atoms with van der Waals surface area (Å²) in [6.45, 7) is 4.50. The third kappa shape index (κ3) is 4.03. The van der Waals surface area contributed by atoms with Gasteiger partial charge in [-0.2, -0.15) is 5.26 Å². The maximum Gasteiger partial charge on any atom is 0.236 e. The molecule has 0 aliphatic carbocycles. The van der Waals surface area contributed by atoms with E-state index in [1.165, 1.54) is 6.07 Å². The minimum atomic E-state index is -0.451. The van der Waals surface area contributed by atoms with Crippen molar-refractivity contribution in [1.29, 1.82) is 5.26 Å². The van der Waals surface area contributed by atoms with Crippen molar-refractivity contribution in [2.45, 2.75) is 31.6 Å². The van der Waals surface area contributed by atoms with Crippen LogP contribution in [0.2, 0.25) is 0 Å². The third-order valence-corrected chi connectivity index (χ3v) is 3.90. The molecule has 1 aromatic rings. The van der Waals surface area contributed by atoms with E-state index < -0.39 is 5.82 Å². The number of amides is 1. The van der Waals surface area contributed by atoms with Gasteiger partial charge < -0.3 is 4.90 Å². The summed E-state index contributed by atoms with van der Waals surface area (Å²) in [6.07, 6.45) is 0.686. The molecule has 0 saturated carbocycles. The van der Waals surface area contributed by atoms with Crippen molar-refractivity contribution in [3.8, 4) is 6.07 Å². The zero-order valence-electron chi connectivity index (χ0n) is 11.0. The van der Waals surface area contributed by atoms with Gasteiger partial charge in [-0.15, -0.1) is 0 Å². The number of alkyl halides is 1. The van der Waals surface area contributed by atoms with Gasteiger partial charge >= 0.3 is 0 Å². The minimum Gasteiger partial charge on any atom is -0.338 e. The van der Waals surface area contributed by atoms with Gasteiger partial charge in [0.15, 0.2) is 0 Å². The van der Waals surface area contributed by atoms with Crippen LogP contribution in [0, 0.1) is 17.1 Å². The molecule has 0 saturated heterocycles. The van der Waals surface area contributed by atoms with Gasteiger partial charge in [-0.25, -0.2) is 4.39 Å². The fraction of sp³-hybridized carbons (Fsp3) is 0.429. The lowest BCUT2D eigenvalue weighted by molar-refractivity contribution is -0.130. The average Bonchev–Trinajstić information content (AvgIpc) is 2.44. The van der Waals surface area contributed by atoms with Crippen LogP contribution in [0.25, 0.3) is 0 Å². The first-order chi connectivity index (χ1) is 9.03. The number of nitriles is 1. The molecule has 0 heterocycles. The maximum atomic E-state index is 13.8. The molecule has 19 heavy (non-hydrogen) atoms. The molecule has 3 nitrogen and oxygen atoms in total. The number of halogens is 2. The first kappa shape index (κ1) is 15.6. The molecule has 1 atom stereocenters. The van der Waals surface area contributed by atoms with E-state index in [0.29, 0.717) is 18.5 Å². The molecule has 0 aliphatic heterocycles. The van der Waals surface area contributed by atoms with E-state index in [0.717, 1.165) is 0 Å². The molecule has 1 unspecified atom stereocenters. The second kappa shape index (κ2) is 7.25. The zero-order chi connectivity index (χ0) is 14.4. The molecule has 0 spiro atoms. The van der Waals surface area contributed by atoms with Crippen LogP contribution < -0.4 is 0 Å². The van der Waals surface area contributed by atoms with Crippen molar-refractivity contribution >= 4 is 21.8 Å². The van der Waals surface area contributed by atoms with Crippen LogP contribution in [-0.4, -0.2) is 22.2 Å². The van der Waals surface area contributed by atoms with Crippen LogP contribution >= 0.6 is 15.9 Å². The largest absolute Gasteiger partial charge is 0.338 e. The molecule has 0 bridgehead atoms. The first-order valence-corrected chi connectivity index (χ1v) is 7.06. The smallest absolute Gasteiger partial charge is 0.236 e. The van der Waals surface area contributed by atoms with Crippen LogP contribution in [0.5, 0.6) is 0 Å². The summed E-state index contributed by atoms with van der Waals surface area (Å²) >= 11 is 3.31. The van der Waals surface area contributed by atoms with E-state index in [-0.39, 0.29) is 22.8 Å². The average molecular weight is 327 g/mol. The summed E-state index contributed by atoms with van der Waals surface area (Å²) in [5.41, 5.74) is 0.701. The van der Waals surface area contributed by atoms with E-state index in [4.69, 9.17) is 5.26 Å². The topological polar surface area (TPSA) is 44.1 Å². The number of rotatable bonds is 5. The molecule has 1 aromatic carbocycles. The lowest BCUT2D eigenvalue weighted by Crippen LogP contribution is -2.36. The van der Waals surface area contributed by atoms with Crippen LogP contribution in [-0.2, 0) is 11.3 Å². The van der Waals surface area contributed by atoms with Crippen LogP contribution in [0.4, 0.5) is 4.39 Å². The Balaban J connectivity index is 2.88. The van der Waals surface area contributed by atoms with Gasteiger partial charge in [-0.1, -0.05) is 28.9 Å². The molecule has 1 rings (SSSR count). The Bertz CT molecular complexity index is 499. The Kier molecular flexibility index (Phi) is 5.97. The number of benzene rings is 1. The minimum absolute atomic E-state index is 0.0474. The van der Waals surface area contributed by atoms with E-state index in [9.17, 15) is 9.18 Å². The molecule has 0 aromatic heterocycles. The summed E-state index contributed by atoms with van der Waals surface area (Å²) in [5.74, 6) is -0.498. The quantitative estimate of drug-likeness (QED) is 0.780. The monoisotopic (exact) mass is 326 g/mol. The molecule has 5 heteroatoms. The summed E-state index contributed by atoms with van der Waals surface area (Å²) < 4.78 is 13.8. The second-order valence-electron chi connectivity index (χ2n) is 4.15. The number of hydrogen-bond acceptors (Lipinski definition) is 2. The van der Waals surface area contributed by atoms with E-state index >= 15 is 0 Å². The number of carbonyl (C=O) groups is 1. The molecule has 1 amide bonds. The summed E-state index contributed by atoms with van der Waals surface area (Å²) in [4.78, 5) is 13.4. The molecular weight excluding hydrogens is 311 g/mol. The summed E-state index contributed by atoms with van der Waals surface area (Å²) in [5, 5.41) is 8.69. The van der Waals surface area contributed by atoms with Gasteiger partial charge in [0.05, 0.1) is 16.5 Å². The molecule has 0 N–H and O–H groups in total. The number of carbonyl (C=O) groups excluding carboxylic acids is 1. The molecule has 0 fully saturated rings. The van der Waals surface area contributed by atoms with Crippen molar-refractivity contribution in [3.05, 3.63) is 35.1 Å². The standard InChI is InChI=1S/C14H16BrFN2O/c1-3-12(15)14(19)18(4-2)9-11-6-5-10(8-17)7-13(11)16/h5-7,12H,3-4,9H2,1-2H3. The highest BCUT2D eigenvalue weighted by Crippen LogP contribution is 2.15. The highest BCUT2D eigenvalue weighted by molar-refractivity contribution is 9.10. The maximum absolute atomic E-state index is 13.8. The Morgan fingerprint density at radius 1 is 1.53 bits per heavy atom. The lowest BCUT2D eigenvalue weighted by atomic mass is 10.1. The van der Waals surface area contributed by atoms with Gasteiger partial charge in [0.2, 0.25) is 5.91 Å². The Labute approximate surface area is 121 Å². The predicted octanol–water partition coefficient (Wildman–Crippen LogP) is 3.22. The second-order valence-corrected chi connectivity index (χ2v) is 5.25. The first-order valence-electron chi connectivity index (χ1n) is 6.14. The van der Waals surface area contributed by atoms with Crippen LogP contribution in [0.3, 0.4) is 0 Å². The van der Waals surface area contributed by atoms with Gasteiger partial charge in [-0.3, -0.25) is 4.79 Å². The fourth-order valence-corrected chi connectivity index (χ4v) is 1.96. The van der Waals surface area contributed by atoms with Gasteiger partial charge in [-0.05, 0) is 25.5 Å². The Morgan fingerprint density at radius 2 is 2.21 bits per heavy atom. The van der Waals surface area contributed by atoms with Crippen molar-refractivity contribution < 1.29 is 9.18 Å². The predicted molar refractivity (Wildman–Crippen MR) is 75.2 cm³/mol. The lowest BCUT2D eigenvalue weighted by Gasteiger charge is -2.23. The highest BCUT2D eigenvalue weighted by Gasteiger charge is 2.20. The summed E-state index contributed by atoms with van der Waals surface area (Å²) in [7, 11) is 0. The zero-order valence-corrected chi connectivity index (χ0v) is 12.6. The fourth-order valence-electron chi connectivity index (χ4n) is 1.67. The van der Waals surface area contributed by atoms with Crippen molar-refractivity contribution in [1.82, 2.24) is 4.90 Å². The summed E-state index contributed by atoms with van der Waals surface area (Å²) in [6, 6.07) is 6.19. The molecule has 0 radical (unpaired) electrons. The van der Waals surface area contributed by atoms with Crippen molar-refractivity contribution in [2.75, 3.05) is 6.54 Å². The van der Waals surface area contributed by atoms with Crippen LogP contribution in [0.15, 0.2) is 18.2 Å². The van der Waals surface area contributed by atoms with E-state index in [1.54, 1.807) is 17.0 Å². The molecule has 0 aliphatic rings. The van der Waals surface area contributed by atoms with Crippen molar-refractivity contribution in [3.63, 3.8) is 0 Å². The van der Waals surface area contributed by atoms with Crippen molar-refractivity contribution in [2.24, 2.45) is 0 Å². The molecule has 102 valence electrons. The van der Waals surface area contributed by atoms with Gasteiger partial charge in [0.25, 0.3) is 0 Å². The Hall–Kier alpha value is -1.41.